The monoisotopic (exact) mass is 425 g/mol. The summed E-state index contributed by atoms with van der Waals surface area (Å²) in [4.78, 5) is 31.8. The SMILES string of the molecule is Cc1cccc(C)c1N1CCN(C(=O)Cc2c(C(=O)O)[nH]c3ccc(Cl)cc23)CC1. The maximum absolute atomic E-state index is 13.0. The van der Waals surface area contributed by atoms with E-state index in [-0.39, 0.29) is 18.0 Å². The third kappa shape index (κ3) is 3.75. The van der Waals surface area contributed by atoms with Crippen LogP contribution >= 0.6 is 11.6 Å². The normalized spacial score (nSPS) is 14.4. The molecule has 0 bridgehead atoms. The number of carboxylic acid groups (broad SMARTS) is 1. The molecule has 7 heteroatoms. The van der Waals surface area contributed by atoms with Gasteiger partial charge in [0.05, 0.1) is 6.42 Å². The van der Waals surface area contributed by atoms with Gasteiger partial charge in [-0.25, -0.2) is 4.79 Å². The lowest BCUT2D eigenvalue weighted by Crippen LogP contribution is -2.49. The lowest BCUT2D eigenvalue weighted by Gasteiger charge is -2.37. The zero-order valence-corrected chi connectivity index (χ0v) is 17.8. The van der Waals surface area contributed by atoms with Gasteiger partial charge in [0.15, 0.2) is 0 Å². The number of amides is 1. The number of piperazine rings is 1. The highest BCUT2D eigenvalue weighted by Gasteiger charge is 2.26. The van der Waals surface area contributed by atoms with Crippen molar-refractivity contribution in [3.05, 3.63) is 63.8 Å². The predicted molar refractivity (Wildman–Crippen MR) is 119 cm³/mol. The summed E-state index contributed by atoms with van der Waals surface area (Å²) in [6.07, 6.45) is 0.0331. The van der Waals surface area contributed by atoms with Crippen LogP contribution in [-0.2, 0) is 11.2 Å². The molecule has 0 aliphatic carbocycles. The fourth-order valence-corrected chi connectivity index (χ4v) is 4.51. The van der Waals surface area contributed by atoms with Crippen molar-refractivity contribution in [3.8, 4) is 0 Å². The Morgan fingerprint density at radius 1 is 1.07 bits per heavy atom. The lowest BCUT2D eigenvalue weighted by molar-refractivity contribution is -0.130. The summed E-state index contributed by atoms with van der Waals surface area (Å²) in [6.45, 7) is 6.94. The van der Waals surface area contributed by atoms with Gasteiger partial charge >= 0.3 is 5.97 Å². The van der Waals surface area contributed by atoms with Crippen molar-refractivity contribution in [1.82, 2.24) is 9.88 Å². The number of aromatic amines is 1. The van der Waals surface area contributed by atoms with Gasteiger partial charge in [0.1, 0.15) is 5.69 Å². The first kappa shape index (κ1) is 20.3. The maximum Gasteiger partial charge on any atom is 0.352 e. The summed E-state index contributed by atoms with van der Waals surface area (Å²) in [7, 11) is 0. The number of H-pyrrole nitrogens is 1. The molecule has 1 aliphatic rings. The Balaban J connectivity index is 1.51. The second-order valence-electron chi connectivity index (χ2n) is 7.76. The van der Waals surface area contributed by atoms with Gasteiger partial charge in [0, 0.05) is 53.4 Å². The molecular weight excluding hydrogens is 402 g/mol. The minimum atomic E-state index is -1.08. The highest BCUT2D eigenvalue weighted by atomic mass is 35.5. The van der Waals surface area contributed by atoms with E-state index in [2.05, 4.69) is 41.9 Å². The average Bonchev–Trinajstić information content (AvgIpc) is 3.06. The Labute approximate surface area is 180 Å². The molecule has 0 radical (unpaired) electrons. The Morgan fingerprint density at radius 2 is 1.73 bits per heavy atom. The number of anilines is 1. The third-order valence-corrected chi connectivity index (χ3v) is 6.03. The van der Waals surface area contributed by atoms with E-state index in [9.17, 15) is 14.7 Å². The van der Waals surface area contributed by atoms with Crippen LogP contribution in [0.3, 0.4) is 0 Å². The van der Waals surface area contributed by atoms with Crippen molar-refractivity contribution in [1.29, 1.82) is 0 Å². The molecule has 0 atom stereocenters. The van der Waals surface area contributed by atoms with Gasteiger partial charge in [-0.3, -0.25) is 4.79 Å². The highest BCUT2D eigenvalue weighted by molar-refractivity contribution is 6.31. The summed E-state index contributed by atoms with van der Waals surface area (Å²) < 4.78 is 0. The van der Waals surface area contributed by atoms with Crippen molar-refractivity contribution in [3.63, 3.8) is 0 Å². The van der Waals surface area contributed by atoms with Crippen LogP contribution in [0.2, 0.25) is 5.02 Å². The molecule has 1 saturated heterocycles. The second kappa shape index (κ2) is 8.03. The topological polar surface area (TPSA) is 76.6 Å². The first-order valence-corrected chi connectivity index (χ1v) is 10.4. The average molecular weight is 426 g/mol. The molecule has 1 amide bonds. The molecule has 2 heterocycles. The number of fused-ring (bicyclic) bond motifs is 1. The fourth-order valence-electron chi connectivity index (χ4n) is 4.33. The number of para-hydroxylation sites is 1. The quantitative estimate of drug-likeness (QED) is 0.661. The van der Waals surface area contributed by atoms with Crippen LogP contribution < -0.4 is 4.90 Å². The van der Waals surface area contributed by atoms with Crippen LogP contribution in [0.5, 0.6) is 0 Å². The lowest BCUT2D eigenvalue weighted by atomic mass is 10.1. The number of aromatic nitrogens is 1. The summed E-state index contributed by atoms with van der Waals surface area (Å²) in [5, 5.41) is 10.8. The number of carbonyl (C=O) groups excluding carboxylic acids is 1. The van der Waals surface area contributed by atoms with E-state index in [1.807, 2.05) is 4.90 Å². The number of halogens is 1. The Hall–Kier alpha value is -2.99. The van der Waals surface area contributed by atoms with Gasteiger partial charge < -0.3 is 19.9 Å². The molecule has 156 valence electrons. The van der Waals surface area contributed by atoms with Crippen LogP contribution in [0.15, 0.2) is 36.4 Å². The Morgan fingerprint density at radius 3 is 2.37 bits per heavy atom. The van der Waals surface area contributed by atoms with Crippen molar-refractivity contribution in [2.75, 3.05) is 31.1 Å². The number of hydrogen-bond acceptors (Lipinski definition) is 3. The van der Waals surface area contributed by atoms with E-state index in [0.717, 1.165) is 13.1 Å². The molecule has 2 N–H and O–H groups in total. The minimum absolute atomic E-state index is 0.0331. The Bertz CT molecular complexity index is 1110. The summed E-state index contributed by atoms with van der Waals surface area (Å²) in [5.41, 5.74) is 4.91. The molecule has 0 saturated carbocycles. The smallest absolute Gasteiger partial charge is 0.352 e. The van der Waals surface area contributed by atoms with Crippen LogP contribution in [0.4, 0.5) is 5.69 Å². The molecular formula is C23H24ClN3O3. The van der Waals surface area contributed by atoms with Gasteiger partial charge in [0.25, 0.3) is 0 Å². The standard InChI is InChI=1S/C23H24ClN3O3/c1-14-4-3-5-15(2)22(14)27-10-8-26(9-11-27)20(28)13-18-17-12-16(24)6-7-19(17)25-21(18)23(29)30/h3-7,12,25H,8-11,13H2,1-2H3,(H,29,30). The minimum Gasteiger partial charge on any atom is -0.477 e. The molecule has 1 fully saturated rings. The van der Waals surface area contributed by atoms with E-state index >= 15 is 0 Å². The van der Waals surface area contributed by atoms with Crippen molar-refractivity contribution >= 4 is 40.1 Å². The summed E-state index contributed by atoms with van der Waals surface area (Å²) >= 11 is 6.10. The molecule has 1 aliphatic heterocycles. The van der Waals surface area contributed by atoms with E-state index in [4.69, 9.17) is 11.6 Å². The van der Waals surface area contributed by atoms with Crippen LogP contribution in [-0.4, -0.2) is 53.0 Å². The molecule has 0 unspecified atom stereocenters. The number of nitrogens with one attached hydrogen (secondary N) is 1. The first-order chi connectivity index (χ1) is 14.3. The highest BCUT2D eigenvalue weighted by Crippen LogP contribution is 2.28. The number of benzene rings is 2. The van der Waals surface area contributed by atoms with Gasteiger partial charge in [-0.1, -0.05) is 29.8 Å². The number of aryl methyl sites for hydroxylation is 2. The van der Waals surface area contributed by atoms with Crippen molar-refractivity contribution in [2.24, 2.45) is 0 Å². The van der Waals surface area contributed by atoms with Crippen LogP contribution in [0, 0.1) is 13.8 Å². The van der Waals surface area contributed by atoms with Crippen LogP contribution in [0.25, 0.3) is 10.9 Å². The number of carboxylic acids is 1. The molecule has 0 spiro atoms. The van der Waals surface area contributed by atoms with Gasteiger partial charge in [0.2, 0.25) is 5.91 Å². The van der Waals surface area contributed by atoms with Gasteiger partial charge in [-0.15, -0.1) is 0 Å². The van der Waals surface area contributed by atoms with Gasteiger partial charge in [-0.05, 0) is 43.2 Å². The number of nitrogens with zero attached hydrogens (tertiary/aromatic N) is 2. The van der Waals surface area contributed by atoms with Crippen molar-refractivity contribution in [2.45, 2.75) is 20.3 Å². The zero-order valence-electron chi connectivity index (χ0n) is 17.0. The zero-order chi connectivity index (χ0) is 21.4. The third-order valence-electron chi connectivity index (χ3n) is 5.80. The fraction of sp³-hybridized carbons (Fsp3) is 0.304. The van der Waals surface area contributed by atoms with E-state index < -0.39 is 5.97 Å². The van der Waals surface area contributed by atoms with Gasteiger partial charge in [-0.2, -0.15) is 0 Å². The molecule has 30 heavy (non-hydrogen) atoms. The number of aromatic carboxylic acids is 1. The molecule has 2 aromatic carbocycles. The van der Waals surface area contributed by atoms with E-state index in [1.54, 1.807) is 18.2 Å². The largest absolute Gasteiger partial charge is 0.477 e. The van der Waals surface area contributed by atoms with Crippen LogP contribution in [0.1, 0.15) is 27.2 Å². The second-order valence-corrected chi connectivity index (χ2v) is 8.20. The number of carbonyl (C=O) groups is 2. The molecule has 1 aromatic heterocycles. The Kier molecular flexibility index (Phi) is 5.43. The summed E-state index contributed by atoms with van der Waals surface area (Å²) in [5.74, 6) is -1.15. The number of rotatable bonds is 4. The predicted octanol–water partition coefficient (Wildman–Crippen LogP) is 4.03. The summed E-state index contributed by atoms with van der Waals surface area (Å²) in [6, 6.07) is 11.4. The first-order valence-electron chi connectivity index (χ1n) is 9.97. The molecule has 6 nitrogen and oxygen atoms in total. The van der Waals surface area contributed by atoms with Crippen molar-refractivity contribution < 1.29 is 14.7 Å². The molecule has 3 aromatic rings. The maximum atomic E-state index is 13.0. The van der Waals surface area contributed by atoms with E-state index in [1.165, 1.54) is 16.8 Å². The molecule has 4 rings (SSSR count). The van der Waals surface area contributed by atoms with E-state index in [0.29, 0.717) is 34.6 Å². The number of hydrogen-bond donors (Lipinski definition) is 2.